The van der Waals surface area contributed by atoms with Crippen LogP contribution in [-0.4, -0.2) is 14.3 Å². The van der Waals surface area contributed by atoms with Crippen molar-refractivity contribution in [2.24, 2.45) is 5.84 Å². The van der Waals surface area contributed by atoms with Crippen LogP contribution >= 0.6 is 0 Å². The van der Waals surface area contributed by atoms with Crippen molar-refractivity contribution in [2.45, 2.75) is 10.9 Å². The number of rotatable bonds is 6. The average molecular weight is 381 g/mol. The highest BCUT2D eigenvalue weighted by molar-refractivity contribution is 7.89. The molecular weight excluding hydrogens is 362 g/mol. The Balaban J connectivity index is 1.99. The van der Waals surface area contributed by atoms with Crippen LogP contribution in [0.2, 0.25) is 0 Å². The fraction of sp³-hybridized carbons (Fsp3) is 0.0500. The van der Waals surface area contributed by atoms with Gasteiger partial charge in [-0.05, 0) is 29.3 Å². The van der Waals surface area contributed by atoms with Crippen molar-refractivity contribution in [1.29, 1.82) is 0 Å². The molecule has 0 aromatic heterocycles. The third-order valence-electron chi connectivity index (χ3n) is 4.08. The van der Waals surface area contributed by atoms with E-state index in [2.05, 4.69) is 4.72 Å². The van der Waals surface area contributed by atoms with Crippen molar-refractivity contribution in [3.63, 3.8) is 0 Å². The van der Waals surface area contributed by atoms with Gasteiger partial charge in [0.1, 0.15) is 0 Å². The number of hydrazine groups is 1. The van der Waals surface area contributed by atoms with Crippen LogP contribution < -0.4 is 16.0 Å². The molecule has 0 bridgehead atoms. The molecule has 3 aromatic carbocycles. The van der Waals surface area contributed by atoms with E-state index in [9.17, 15) is 13.2 Å². The first-order valence-corrected chi connectivity index (χ1v) is 9.73. The first-order chi connectivity index (χ1) is 13.0. The van der Waals surface area contributed by atoms with Gasteiger partial charge >= 0.3 is 0 Å². The van der Waals surface area contributed by atoms with Gasteiger partial charge in [-0.3, -0.25) is 10.2 Å². The highest BCUT2D eigenvalue weighted by Crippen LogP contribution is 2.24. The molecule has 6 nitrogen and oxygen atoms in total. The normalized spacial score (nSPS) is 11.3. The van der Waals surface area contributed by atoms with Crippen molar-refractivity contribution in [2.75, 3.05) is 0 Å². The van der Waals surface area contributed by atoms with Gasteiger partial charge in [0.2, 0.25) is 10.0 Å². The molecule has 0 heterocycles. The predicted molar refractivity (Wildman–Crippen MR) is 103 cm³/mol. The number of hydrogen-bond acceptors (Lipinski definition) is 4. The minimum absolute atomic E-state index is 0.0135. The highest BCUT2D eigenvalue weighted by Gasteiger charge is 2.23. The topological polar surface area (TPSA) is 101 Å². The van der Waals surface area contributed by atoms with E-state index in [0.29, 0.717) is 0 Å². The Hall–Kier alpha value is -3.00. The molecule has 0 saturated heterocycles. The van der Waals surface area contributed by atoms with Gasteiger partial charge in [0.25, 0.3) is 5.91 Å². The summed E-state index contributed by atoms with van der Waals surface area (Å²) in [5, 5.41) is 0. The zero-order valence-corrected chi connectivity index (χ0v) is 15.2. The van der Waals surface area contributed by atoms with E-state index in [4.69, 9.17) is 5.84 Å². The highest BCUT2D eigenvalue weighted by atomic mass is 32.2. The summed E-state index contributed by atoms with van der Waals surface area (Å²) >= 11 is 0. The molecule has 0 aliphatic rings. The minimum atomic E-state index is -3.89. The van der Waals surface area contributed by atoms with Gasteiger partial charge in [0.05, 0.1) is 10.9 Å². The molecule has 0 radical (unpaired) electrons. The third-order valence-corrected chi connectivity index (χ3v) is 5.50. The molecule has 7 heteroatoms. The number of carbonyl (C=O) groups excluding carboxylic acids is 1. The first kappa shape index (κ1) is 18.8. The van der Waals surface area contributed by atoms with Gasteiger partial charge in [0, 0.05) is 5.56 Å². The zero-order valence-electron chi connectivity index (χ0n) is 14.4. The van der Waals surface area contributed by atoms with Crippen LogP contribution in [0, 0.1) is 0 Å². The van der Waals surface area contributed by atoms with Gasteiger partial charge in [-0.25, -0.2) is 14.3 Å². The van der Waals surface area contributed by atoms with E-state index in [1.165, 1.54) is 24.3 Å². The second kappa shape index (κ2) is 8.13. The van der Waals surface area contributed by atoms with Crippen molar-refractivity contribution in [3.8, 4) is 0 Å². The molecule has 0 unspecified atom stereocenters. The van der Waals surface area contributed by atoms with Crippen LogP contribution in [0.1, 0.15) is 27.5 Å². The fourth-order valence-electron chi connectivity index (χ4n) is 2.73. The van der Waals surface area contributed by atoms with Gasteiger partial charge in [0.15, 0.2) is 0 Å². The lowest BCUT2D eigenvalue weighted by Crippen LogP contribution is -2.31. The van der Waals surface area contributed by atoms with Crippen LogP contribution in [0.3, 0.4) is 0 Å². The SMILES string of the molecule is NNC(=O)c1cccc(S(=O)(=O)NC(c2ccccc2)c2ccccc2)c1. The first-order valence-electron chi connectivity index (χ1n) is 8.24. The summed E-state index contributed by atoms with van der Waals surface area (Å²) in [6.07, 6.45) is 0. The number of nitrogen functional groups attached to an aromatic ring is 1. The van der Waals surface area contributed by atoms with E-state index in [-0.39, 0.29) is 10.5 Å². The number of nitrogens with two attached hydrogens (primary N) is 1. The summed E-state index contributed by atoms with van der Waals surface area (Å²) in [5.74, 6) is 4.57. The Morgan fingerprint density at radius 3 is 1.89 bits per heavy atom. The maximum Gasteiger partial charge on any atom is 0.265 e. The van der Waals surface area contributed by atoms with E-state index >= 15 is 0 Å². The molecule has 3 aromatic rings. The van der Waals surface area contributed by atoms with Crippen LogP contribution in [-0.2, 0) is 10.0 Å². The van der Waals surface area contributed by atoms with E-state index in [0.717, 1.165) is 11.1 Å². The lowest BCUT2D eigenvalue weighted by atomic mass is 10.00. The van der Waals surface area contributed by atoms with Crippen LogP contribution in [0.25, 0.3) is 0 Å². The van der Waals surface area contributed by atoms with Gasteiger partial charge < -0.3 is 0 Å². The smallest absolute Gasteiger partial charge is 0.265 e. The Kier molecular flexibility index (Phi) is 5.66. The minimum Gasteiger partial charge on any atom is -0.290 e. The standard InChI is InChI=1S/C20H19N3O3S/c21-22-20(24)17-12-7-13-18(14-17)27(25,26)23-19(15-8-3-1-4-9-15)16-10-5-2-6-11-16/h1-14,19,23H,21H2,(H,22,24). The average Bonchev–Trinajstić information content (AvgIpc) is 2.73. The Morgan fingerprint density at radius 1 is 0.815 bits per heavy atom. The van der Waals surface area contributed by atoms with Crippen LogP contribution in [0.4, 0.5) is 0 Å². The lowest BCUT2D eigenvalue weighted by Gasteiger charge is -2.20. The molecule has 0 atom stereocenters. The molecule has 27 heavy (non-hydrogen) atoms. The molecule has 0 aliphatic carbocycles. The summed E-state index contributed by atoms with van der Waals surface area (Å²) in [5.41, 5.74) is 3.78. The molecular formula is C20H19N3O3S. The number of benzene rings is 3. The van der Waals surface area contributed by atoms with Gasteiger partial charge in [-0.15, -0.1) is 0 Å². The van der Waals surface area contributed by atoms with Crippen molar-refractivity contribution < 1.29 is 13.2 Å². The molecule has 3 rings (SSSR count). The maximum atomic E-state index is 13.0. The molecule has 0 aliphatic heterocycles. The number of carbonyl (C=O) groups is 1. The van der Waals surface area contributed by atoms with E-state index in [1.807, 2.05) is 66.1 Å². The van der Waals surface area contributed by atoms with Crippen molar-refractivity contribution in [1.82, 2.24) is 10.1 Å². The second-order valence-corrected chi connectivity index (χ2v) is 7.59. The molecule has 138 valence electrons. The molecule has 4 N–H and O–H groups in total. The number of amides is 1. The van der Waals surface area contributed by atoms with Crippen molar-refractivity contribution >= 4 is 15.9 Å². The predicted octanol–water partition coefficient (Wildman–Crippen LogP) is 2.36. The fourth-order valence-corrected chi connectivity index (χ4v) is 3.99. The maximum absolute atomic E-state index is 13.0. The summed E-state index contributed by atoms with van der Waals surface area (Å²) in [4.78, 5) is 11.7. The van der Waals surface area contributed by atoms with Crippen molar-refractivity contribution in [3.05, 3.63) is 102 Å². The third kappa shape index (κ3) is 4.40. The van der Waals surface area contributed by atoms with Crippen LogP contribution in [0.5, 0.6) is 0 Å². The number of hydrogen-bond donors (Lipinski definition) is 3. The number of nitrogens with one attached hydrogen (secondary N) is 2. The van der Waals surface area contributed by atoms with E-state index in [1.54, 1.807) is 0 Å². The molecule has 0 spiro atoms. The molecule has 0 fully saturated rings. The monoisotopic (exact) mass is 381 g/mol. The molecule has 0 saturated carbocycles. The molecule has 1 amide bonds. The quantitative estimate of drug-likeness (QED) is 0.347. The van der Waals surface area contributed by atoms with E-state index < -0.39 is 22.0 Å². The largest absolute Gasteiger partial charge is 0.290 e. The van der Waals surface area contributed by atoms with Crippen LogP contribution in [0.15, 0.2) is 89.8 Å². The summed E-state index contributed by atoms with van der Waals surface area (Å²) in [6.45, 7) is 0. The zero-order chi connectivity index (χ0) is 19.3. The Bertz CT molecular complexity index is 983. The Morgan fingerprint density at radius 2 is 1.37 bits per heavy atom. The second-order valence-electron chi connectivity index (χ2n) is 5.88. The van der Waals surface area contributed by atoms with Gasteiger partial charge in [-0.1, -0.05) is 66.7 Å². The summed E-state index contributed by atoms with van der Waals surface area (Å²) in [7, 11) is -3.89. The number of sulfonamides is 1. The lowest BCUT2D eigenvalue weighted by molar-refractivity contribution is 0.0953. The Labute approximate surface area is 158 Å². The summed E-state index contributed by atoms with van der Waals surface area (Å²) in [6, 6.07) is 23.7. The van der Waals surface area contributed by atoms with Gasteiger partial charge in [-0.2, -0.15) is 4.72 Å². The summed E-state index contributed by atoms with van der Waals surface area (Å²) < 4.78 is 28.7.